The van der Waals surface area contributed by atoms with Crippen molar-refractivity contribution in [2.45, 2.75) is 18.7 Å². The number of halogens is 4. The van der Waals surface area contributed by atoms with Crippen LogP contribution in [0.3, 0.4) is 0 Å². The molecule has 0 aliphatic carbocycles. The summed E-state index contributed by atoms with van der Waals surface area (Å²) in [6.07, 6.45) is -4.59. The van der Waals surface area contributed by atoms with Crippen molar-refractivity contribution in [3.8, 4) is 0 Å². The average molecular weight is 350 g/mol. The number of hydrogen-bond donors (Lipinski definition) is 1. The third-order valence-electron chi connectivity index (χ3n) is 2.86. The molecule has 1 aromatic heterocycles. The monoisotopic (exact) mass is 349 g/mol. The van der Waals surface area contributed by atoms with Gasteiger partial charge in [-0.25, -0.2) is 4.98 Å². The van der Waals surface area contributed by atoms with Crippen LogP contribution in [-0.4, -0.2) is 19.9 Å². The molecule has 8 heteroatoms. The molecule has 20 heavy (non-hydrogen) atoms. The van der Waals surface area contributed by atoms with E-state index in [1.165, 1.54) is 23.1 Å². The minimum Gasteiger partial charge on any atom is -0.388 e. The summed E-state index contributed by atoms with van der Waals surface area (Å²) in [5, 5.41) is 13.9. The van der Waals surface area contributed by atoms with Gasteiger partial charge < -0.3 is 5.11 Å². The van der Waals surface area contributed by atoms with Crippen LogP contribution >= 0.6 is 15.9 Å². The summed E-state index contributed by atoms with van der Waals surface area (Å²) in [4.78, 5) is 3.89. The molecule has 0 aliphatic rings. The highest BCUT2D eigenvalue weighted by Crippen LogP contribution is 2.36. The number of nitrogens with zero attached hydrogens (tertiary/aromatic N) is 3. The second-order valence-corrected chi connectivity index (χ2v) is 5.16. The zero-order chi connectivity index (χ0) is 14.9. The molecule has 0 saturated carbocycles. The zero-order valence-electron chi connectivity index (χ0n) is 10.4. The Labute approximate surface area is 121 Å². The fraction of sp³-hybridized carbons (Fsp3) is 0.333. The molecule has 2 aromatic rings. The van der Waals surface area contributed by atoms with Gasteiger partial charge in [-0.15, -0.1) is 0 Å². The first kappa shape index (κ1) is 15.0. The molecule has 0 radical (unpaired) electrons. The van der Waals surface area contributed by atoms with Crippen LogP contribution in [0.2, 0.25) is 0 Å². The van der Waals surface area contributed by atoms with Gasteiger partial charge in [0.25, 0.3) is 0 Å². The maximum absolute atomic E-state index is 13.0. The Morgan fingerprint density at radius 1 is 1.40 bits per heavy atom. The maximum Gasteiger partial charge on any atom is 0.416 e. The standard InChI is InChI=1S/C12H11BrF3N3O/c1-19-11(17-6-18-19)5-10(20)8-3-2-7(13)4-9(8)12(14,15)16/h2-4,6,10,20H,5H2,1H3. The molecule has 1 heterocycles. The van der Waals surface area contributed by atoms with E-state index < -0.39 is 17.8 Å². The molecular formula is C12H11BrF3N3O. The maximum atomic E-state index is 13.0. The number of aromatic nitrogens is 3. The average Bonchev–Trinajstić information content (AvgIpc) is 2.73. The van der Waals surface area contributed by atoms with E-state index in [0.29, 0.717) is 10.3 Å². The largest absolute Gasteiger partial charge is 0.416 e. The van der Waals surface area contributed by atoms with Crippen molar-refractivity contribution in [1.29, 1.82) is 0 Å². The van der Waals surface area contributed by atoms with Crippen molar-refractivity contribution in [2.24, 2.45) is 7.05 Å². The normalized spacial score (nSPS) is 13.5. The van der Waals surface area contributed by atoms with Crippen molar-refractivity contribution < 1.29 is 18.3 Å². The number of aliphatic hydroxyl groups is 1. The first-order valence-electron chi connectivity index (χ1n) is 5.66. The molecule has 4 nitrogen and oxygen atoms in total. The van der Waals surface area contributed by atoms with E-state index in [4.69, 9.17) is 0 Å². The zero-order valence-corrected chi connectivity index (χ0v) is 12.0. The Morgan fingerprint density at radius 2 is 2.10 bits per heavy atom. The third-order valence-corrected chi connectivity index (χ3v) is 3.35. The van der Waals surface area contributed by atoms with Crippen LogP contribution in [0.5, 0.6) is 0 Å². The van der Waals surface area contributed by atoms with Gasteiger partial charge in [-0.05, 0) is 17.7 Å². The van der Waals surface area contributed by atoms with Crippen molar-refractivity contribution in [2.75, 3.05) is 0 Å². The Hall–Kier alpha value is -1.41. The molecule has 1 atom stereocenters. The molecule has 0 fully saturated rings. The van der Waals surface area contributed by atoms with Gasteiger partial charge in [0.15, 0.2) is 0 Å². The Kier molecular flexibility index (Phi) is 4.14. The Balaban J connectivity index is 2.35. The number of benzene rings is 1. The second-order valence-electron chi connectivity index (χ2n) is 4.25. The molecule has 0 bridgehead atoms. The van der Waals surface area contributed by atoms with E-state index in [1.54, 1.807) is 7.05 Å². The lowest BCUT2D eigenvalue weighted by molar-refractivity contribution is -0.139. The lowest BCUT2D eigenvalue weighted by atomic mass is 9.99. The number of aryl methyl sites for hydroxylation is 1. The quantitative estimate of drug-likeness (QED) is 0.926. The number of rotatable bonds is 3. The summed E-state index contributed by atoms with van der Waals surface area (Å²) in [7, 11) is 1.61. The second kappa shape index (κ2) is 5.53. The Morgan fingerprint density at radius 3 is 2.65 bits per heavy atom. The van der Waals surface area contributed by atoms with Gasteiger partial charge in [-0.3, -0.25) is 4.68 Å². The third kappa shape index (κ3) is 3.18. The number of hydrogen-bond acceptors (Lipinski definition) is 3. The van der Waals surface area contributed by atoms with E-state index in [-0.39, 0.29) is 12.0 Å². The first-order valence-corrected chi connectivity index (χ1v) is 6.46. The van der Waals surface area contributed by atoms with Crippen LogP contribution in [0.25, 0.3) is 0 Å². The summed E-state index contributed by atoms with van der Waals surface area (Å²) in [5.74, 6) is 0.411. The van der Waals surface area contributed by atoms with Gasteiger partial charge in [0.1, 0.15) is 12.2 Å². The first-order chi connectivity index (χ1) is 9.29. The van der Waals surface area contributed by atoms with Gasteiger partial charge in [-0.2, -0.15) is 18.3 Å². The number of aliphatic hydroxyl groups excluding tert-OH is 1. The minimum atomic E-state index is -4.53. The fourth-order valence-electron chi connectivity index (χ4n) is 1.85. The SMILES string of the molecule is Cn1ncnc1CC(O)c1ccc(Br)cc1C(F)(F)F. The molecule has 1 unspecified atom stereocenters. The summed E-state index contributed by atoms with van der Waals surface area (Å²) in [6.45, 7) is 0. The predicted octanol–water partition coefficient (Wildman–Crippen LogP) is 2.87. The van der Waals surface area contributed by atoms with Crippen LogP contribution in [0.15, 0.2) is 29.0 Å². The summed E-state index contributed by atoms with van der Waals surface area (Å²) in [5.41, 5.74) is -1.04. The molecule has 0 spiro atoms. The van der Waals surface area contributed by atoms with Gasteiger partial charge in [0.2, 0.25) is 0 Å². The minimum absolute atomic E-state index is 0.0405. The molecule has 0 saturated heterocycles. The predicted molar refractivity (Wildman–Crippen MR) is 68.8 cm³/mol. The van der Waals surface area contributed by atoms with Crippen molar-refractivity contribution >= 4 is 15.9 Å². The highest BCUT2D eigenvalue weighted by Gasteiger charge is 2.35. The molecular weight excluding hydrogens is 339 g/mol. The van der Waals surface area contributed by atoms with E-state index in [2.05, 4.69) is 26.0 Å². The van der Waals surface area contributed by atoms with Crippen LogP contribution < -0.4 is 0 Å². The molecule has 0 aliphatic heterocycles. The number of alkyl halides is 3. The highest BCUT2D eigenvalue weighted by molar-refractivity contribution is 9.10. The van der Waals surface area contributed by atoms with Gasteiger partial charge in [0, 0.05) is 17.9 Å². The van der Waals surface area contributed by atoms with E-state index in [0.717, 1.165) is 6.07 Å². The lowest BCUT2D eigenvalue weighted by Gasteiger charge is -2.17. The van der Waals surface area contributed by atoms with Crippen LogP contribution in [0.4, 0.5) is 13.2 Å². The highest BCUT2D eigenvalue weighted by atomic mass is 79.9. The summed E-state index contributed by atoms with van der Waals surface area (Å²) < 4.78 is 40.7. The van der Waals surface area contributed by atoms with Gasteiger partial charge in [0.05, 0.1) is 11.7 Å². The van der Waals surface area contributed by atoms with Crippen molar-refractivity contribution in [3.63, 3.8) is 0 Å². The van der Waals surface area contributed by atoms with E-state index in [9.17, 15) is 18.3 Å². The topological polar surface area (TPSA) is 50.9 Å². The van der Waals surface area contributed by atoms with Gasteiger partial charge in [-0.1, -0.05) is 22.0 Å². The molecule has 1 N–H and O–H groups in total. The molecule has 108 valence electrons. The molecule has 1 aromatic carbocycles. The Bertz CT molecular complexity index is 612. The van der Waals surface area contributed by atoms with Crippen LogP contribution in [0, 0.1) is 0 Å². The van der Waals surface area contributed by atoms with Crippen molar-refractivity contribution in [3.05, 3.63) is 46.0 Å². The van der Waals surface area contributed by atoms with Crippen molar-refractivity contribution in [1.82, 2.24) is 14.8 Å². The van der Waals surface area contributed by atoms with Gasteiger partial charge >= 0.3 is 6.18 Å². The van der Waals surface area contributed by atoms with E-state index >= 15 is 0 Å². The van der Waals surface area contributed by atoms with Crippen LogP contribution in [0.1, 0.15) is 23.1 Å². The lowest BCUT2D eigenvalue weighted by Crippen LogP contribution is -2.15. The van der Waals surface area contributed by atoms with Crippen LogP contribution in [-0.2, 0) is 19.6 Å². The van der Waals surface area contributed by atoms with E-state index in [1.807, 2.05) is 0 Å². The summed E-state index contributed by atoms with van der Waals surface area (Å²) in [6, 6.07) is 3.67. The fourth-order valence-corrected chi connectivity index (χ4v) is 2.21. The smallest absolute Gasteiger partial charge is 0.388 e. The molecule has 0 amide bonds. The summed E-state index contributed by atoms with van der Waals surface area (Å²) >= 11 is 3.00. The molecule has 2 rings (SSSR count).